The molecule has 0 fully saturated rings. The number of rotatable bonds is 5. The van der Waals surface area contributed by atoms with Gasteiger partial charge in [0.25, 0.3) is 0 Å². The predicted octanol–water partition coefficient (Wildman–Crippen LogP) is 1.63. The normalized spacial score (nSPS) is 12.9. The quantitative estimate of drug-likeness (QED) is 0.399. The van der Waals surface area contributed by atoms with E-state index < -0.39 is 4.92 Å². The molecule has 0 unspecified atom stereocenters. The molecule has 0 heterocycles. The molecule has 72 valence electrons. The largest absolute Gasteiger partial charge is 0.326 e. The maximum absolute atomic E-state index is 9.92. The molecule has 0 spiro atoms. The van der Waals surface area contributed by atoms with Crippen LogP contribution in [0.1, 0.15) is 13.3 Å². The molecule has 0 amide bonds. The van der Waals surface area contributed by atoms with E-state index in [1.807, 2.05) is 19.1 Å². The lowest BCUT2D eigenvalue weighted by Crippen LogP contribution is -2.00. The van der Waals surface area contributed by atoms with Gasteiger partial charge in [-0.15, -0.1) is 0 Å². The second-order valence-electron chi connectivity index (χ2n) is 2.38. The number of nitrogens with two attached hydrogens (primary N) is 1. The Labute approximate surface area is 77.6 Å². The number of allylic oxidation sites excluding steroid dienone is 3. The lowest BCUT2D eigenvalue weighted by Gasteiger charge is -1.92. The van der Waals surface area contributed by atoms with Crippen molar-refractivity contribution >= 4 is 0 Å². The van der Waals surface area contributed by atoms with Gasteiger partial charge in [-0.05, 0) is 12.0 Å². The predicted molar refractivity (Wildman–Crippen MR) is 52.7 cm³/mol. The molecule has 4 nitrogen and oxygen atoms in total. The van der Waals surface area contributed by atoms with Gasteiger partial charge in [0.1, 0.15) is 0 Å². The van der Waals surface area contributed by atoms with Crippen LogP contribution in [0.15, 0.2) is 36.1 Å². The van der Waals surface area contributed by atoms with Crippen molar-refractivity contribution in [3.05, 3.63) is 46.2 Å². The molecular formula is C9H14N2O2. The number of nitrogens with zero attached hydrogens (tertiary/aromatic N) is 1. The third-order valence-electron chi connectivity index (χ3n) is 1.32. The molecule has 2 N–H and O–H groups in total. The molecule has 0 atom stereocenters. The van der Waals surface area contributed by atoms with Crippen LogP contribution < -0.4 is 5.73 Å². The van der Waals surface area contributed by atoms with Gasteiger partial charge in [0.2, 0.25) is 6.20 Å². The van der Waals surface area contributed by atoms with E-state index >= 15 is 0 Å². The lowest BCUT2D eigenvalue weighted by molar-refractivity contribution is -0.402. The zero-order valence-corrected chi connectivity index (χ0v) is 7.64. The Hall–Kier alpha value is -1.42. The van der Waals surface area contributed by atoms with E-state index in [0.717, 1.165) is 18.2 Å². The van der Waals surface area contributed by atoms with E-state index in [0.29, 0.717) is 6.54 Å². The first-order valence-electron chi connectivity index (χ1n) is 4.08. The molecule has 0 aromatic carbocycles. The van der Waals surface area contributed by atoms with Crippen molar-refractivity contribution in [1.82, 2.24) is 0 Å². The van der Waals surface area contributed by atoms with E-state index in [1.165, 1.54) is 6.08 Å². The molecule has 0 aliphatic carbocycles. The third-order valence-corrected chi connectivity index (χ3v) is 1.32. The second kappa shape index (κ2) is 7.24. The van der Waals surface area contributed by atoms with E-state index in [4.69, 9.17) is 5.73 Å². The standard InChI is InChI=1S/C9H14N2O2/c1-2-3-5-9(8-10)6-4-7-11(12)13/h3-7H,2,8,10H2,1H3/b5-3-,7-4+,9-6+. The summed E-state index contributed by atoms with van der Waals surface area (Å²) in [6.45, 7) is 2.40. The van der Waals surface area contributed by atoms with Gasteiger partial charge in [0.05, 0.1) is 4.92 Å². The fourth-order valence-electron chi connectivity index (χ4n) is 0.698. The number of hydrogen-bond acceptors (Lipinski definition) is 3. The summed E-state index contributed by atoms with van der Waals surface area (Å²) in [7, 11) is 0. The summed E-state index contributed by atoms with van der Waals surface area (Å²) < 4.78 is 0. The van der Waals surface area contributed by atoms with Gasteiger partial charge in [0, 0.05) is 12.6 Å². The summed E-state index contributed by atoms with van der Waals surface area (Å²) >= 11 is 0. The van der Waals surface area contributed by atoms with Gasteiger partial charge in [0.15, 0.2) is 0 Å². The zero-order chi connectivity index (χ0) is 10.1. The summed E-state index contributed by atoms with van der Waals surface area (Å²) in [6.07, 6.45) is 8.64. The van der Waals surface area contributed by atoms with Crippen LogP contribution in [-0.2, 0) is 0 Å². The maximum atomic E-state index is 9.92. The van der Waals surface area contributed by atoms with Crippen LogP contribution in [0, 0.1) is 10.1 Å². The molecule has 0 aromatic heterocycles. The summed E-state index contributed by atoms with van der Waals surface area (Å²) in [5, 5.41) is 9.92. The average molecular weight is 182 g/mol. The molecule has 0 rings (SSSR count). The highest BCUT2D eigenvalue weighted by Crippen LogP contribution is 1.96. The fourth-order valence-corrected chi connectivity index (χ4v) is 0.698. The van der Waals surface area contributed by atoms with Crippen molar-refractivity contribution in [2.45, 2.75) is 13.3 Å². The average Bonchev–Trinajstić information content (AvgIpc) is 2.10. The number of hydrogen-bond donors (Lipinski definition) is 1. The van der Waals surface area contributed by atoms with Crippen molar-refractivity contribution in [2.75, 3.05) is 6.54 Å². The molecule has 0 aromatic rings. The molecule has 0 saturated carbocycles. The molecule has 0 saturated heterocycles. The Balaban J connectivity index is 4.22. The van der Waals surface area contributed by atoms with E-state index in [-0.39, 0.29) is 0 Å². The minimum Gasteiger partial charge on any atom is -0.326 e. The van der Waals surface area contributed by atoms with Gasteiger partial charge >= 0.3 is 0 Å². The van der Waals surface area contributed by atoms with E-state index in [2.05, 4.69) is 0 Å². The Bertz CT molecular complexity index is 242. The molecule has 0 aliphatic heterocycles. The minimum absolute atomic E-state index is 0.387. The molecule has 0 bridgehead atoms. The lowest BCUT2D eigenvalue weighted by atomic mass is 10.2. The van der Waals surface area contributed by atoms with Gasteiger partial charge in [-0.2, -0.15) is 0 Å². The van der Waals surface area contributed by atoms with Crippen molar-refractivity contribution in [3.63, 3.8) is 0 Å². The maximum Gasteiger partial charge on any atom is 0.234 e. The summed E-state index contributed by atoms with van der Waals surface area (Å²) in [5.41, 5.74) is 6.28. The minimum atomic E-state index is -0.506. The van der Waals surface area contributed by atoms with Gasteiger partial charge in [-0.1, -0.05) is 25.2 Å². The zero-order valence-electron chi connectivity index (χ0n) is 7.64. The highest BCUT2D eigenvalue weighted by atomic mass is 16.6. The first-order chi connectivity index (χ1) is 6.20. The first kappa shape index (κ1) is 11.6. The van der Waals surface area contributed by atoms with Crippen LogP contribution in [0.25, 0.3) is 0 Å². The van der Waals surface area contributed by atoms with Gasteiger partial charge in [-0.3, -0.25) is 10.1 Å². The summed E-state index contributed by atoms with van der Waals surface area (Å²) in [4.78, 5) is 9.42. The van der Waals surface area contributed by atoms with Crippen LogP contribution in [0.3, 0.4) is 0 Å². The van der Waals surface area contributed by atoms with E-state index in [1.54, 1.807) is 6.08 Å². The van der Waals surface area contributed by atoms with Crippen LogP contribution in [0.4, 0.5) is 0 Å². The van der Waals surface area contributed by atoms with Crippen molar-refractivity contribution in [2.24, 2.45) is 5.73 Å². The fraction of sp³-hybridized carbons (Fsp3) is 0.333. The molecule has 0 aliphatic rings. The van der Waals surface area contributed by atoms with Crippen molar-refractivity contribution in [3.8, 4) is 0 Å². The first-order valence-corrected chi connectivity index (χ1v) is 4.08. The van der Waals surface area contributed by atoms with Gasteiger partial charge < -0.3 is 5.73 Å². The highest BCUT2D eigenvalue weighted by molar-refractivity contribution is 5.24. The topological polar surface area (TPSA) is 69.2 Å². The molecule has 0 radical (unpaired) electrons. The SMILES string of the molecule is CC\C=C/C(=C\C=C\[N+](=O)[O-])CN. The Morgan fingerprint density at radius 2 is 2.31 bits per heavy atom. The van der Waals surface area contributed by atoms with Crippen LogP contribution >= 0.6 is 0 Å². The highest BCUT2D eigenvalue weighted by Gasteiger charge is 1.86. The monoisotopic (exact) mass is 182 g/mol. The van der Waals surface area contributed by atoms with Crippen LogP contribution in [0.5, 0.6) is 0 Å². The Morgan fingerprint density at radius 3 is 2.77 bits per heavy atom. The van der Waals surface area contributed by atoms with Crippen LogP contribution in [0.2, 0.25) is 0 Å². The van der Waals surface area contributed by atoms with E-state index in [9.17, 15) is 10.1 Å². The molecular weight excluding hydrogens is 168 g/mol. The van der Waals surface area contributed by atoms with Crippen molar-refractivity contribution < 1.29 is 4.92 Å². The Morgan fingerprint density at radius 1 is 1.62 bits per heavy atom. The summed E-state index contributed by atoms with van der Waals surface area (Å²) in [5.74, 6) is 0. The second-order valence-corrected chi connectivity index (χ2v) is 2.38. The third kappa shape index (κ3) is 6.96. The van der Waals surface area contributed by atoms with Gasteiger partial charge in [-0.25, -0.2) is 0 Å². The summed E-state index contributed by atoms with van der Waals surface area (Å²) in [6, 6.07) is 0. The van der Waals surface area contributed by atoms with Crippen LogP contribution in [-0.4, -0.2) is 11.5 Å². The molecule has 13 heavy (non-hydrogen) atoms. The number of nitro groups is 1. The Kier molecular flexibility index (Phi) is 6.45. The smallest absolute Gasteiger partial charge is 0.234 e. The van der Waals surface area contributed by atoms with Crippen molar-refractivity contribution in [1.29, 1.82) is 0 Å². The molecule has 4 heteroatoms.